The van der Waals surface area contributed by atoms with Gasteiger partial charge >= 0.3 is 6.18 Å². The van der Waals surface area contributed by atoms with Crippen LogP contribution < -0.4 is 0 Å². The fourth-order valence-corrected chi connectivity index (χ4v) is 3.10. The highest BCUT2D eigenvalue weighted by atomic mass is 32.2. The minimum absolute atomic E-state index is 0.329. The molecule has 0 fully saturated rings. The van der Waals surface area contributed by atoms with E-state index < -0.39 is 11.7 Å². The average Bonchev–Trinajstić information content (AvgIpc) is 3.15. The van der Waals surface area contributed by atoms with Gasteiger partial charge in [0, 0.05) is 5.75 Å². The zero-order chi connectivity index (χ0) is 15.6. The Morgan fingerprint density at radius 1 is 1.14 bits per heavy atom. The van der Waals surface area contributed by atoms with Gasteiger partial charge in [0.05, 0.1) is 10.4 Å². The molecule has 1 aromatic carbocycles. The number of hydrogen-bond donors (Lipinski definition) is 0. The summed E-state index contributed by atoms with van der Waals surface area (Å²) in [7, 11) is 0. The number of alkyl halides is 3. The SMILES string of the molecule is FC(F)(F)c1cccc(CSc2nnc(-c3cccs3)o2)c1. The van der Waals surface area contributed by atoms with Crippen LogP contribution in [-0.2, 0) is 11.9 Å². The van der Waals surface area contributed by atoms with Crippen LogP contribution in [0.3, 0.4) is 0 Å². The lowest BCUT2D eigenvalue weighted by molar-refractivity contribution is -0.137. The Balaban J connectivity index is 1.68. The van der Waals surface area contributed by atoms with Crippen LogP contribution in [0.2, 0.25) is 0 Å². The van der Waals surface area contributed by atoms with Gasteiger partial charge in [-0.1, -0.05) is 36.0 Å². The van der Waals surface area contributed by atoms with Gasteiger partial charge < -0.3 is 4.42 Å². The zero-order valence-corrected chi connectivity index (χ0v) is 12.6. The first kappa shape index (κ1) is 15.1. The van der Waals surface area contributed by atoms with Gasteiger partial charge in [0.15, 0.2) is 0 Å². The quantitative estimate of drug-likeness (QED) is 0.618. The van der Waals surface area contributed by atoms with E-state index in [0.29, 0.717) is 22.4 Å². The highest BCUT2D eigenvalue weighted by Crippen LogP contribution is 2.32. The van der Waals surface area contributed by atoms with Gasteiger partial charge in [-0.15, -0.1) is 21.5 Å². The Labute approximate surface area is 132 Å². The third-order valence-electron chi connectivity index (χ3n) is 2.76. The number of thiophene rings is 1. The van der Waals surface area contributed by atoms with Crippen LogP contribution in [0.1, 0.15) is 11.1 Å². The molecule has 0 aliphatic heterocycles. The van der Waals surface area contributed by atoms with Crippen molar-refractivity contribution in [1.29, 1.82) is 0 Å². The molecule has 0 N–H and O–H groups in total. The summed E-state index contributed by atoms with van der Waals surface area (Å²) in [5.41, 5.74) is -0.105. The maximum atomic E-state index is 12.6. The zero-order valence-electron chi connectivity index (χ0n) is 11.0. The summed E-state index contributed by atoms with van der Waals surface area (Å²) in [5.74, 6) is 0.747. The van der Waals surface area contributed by atoms with E-state index in [1.54, 1.807) is 6.07 Å². The molecule has 3 aromatic rings. The lowest BCUT2D eigenvalue weighted by Gasteiger charge is -2.07. The van der Waals surface area contributed by atoms with Crippen molar-refractivity contribution in [1.82, 2.24) is 10.2 Å². The monoisotopic (exact) mass is 342 g/mol. The predicted molar refractivity (Wildman–Crippen MR) is 78.6 cm³/mol. The first-order valence-electron chi connectivity index (χ1n) is 6.19. The summed E-state index contributed by atoms with van der Waals surface area (Å²) in [6, 6.07) is 8.95. The molecule has 0 unspecified atom stereocenters. The molecule has 0 aliphatic carbocycles. The second kappa shape index (κ2) is 6.13. The Hall–Kier alpha value is -1.80. The maximum absolute atomic E-state index is 12.6. The van der Waals surface area contributed by atoms with Crippen molar-refractivity contribution in [2.24, 2.45) is 0 Å². The summed E-state index contributed by atoms with van der Waals surface area (Å²) in [5, 5.41) is 10.0. The molecular weight excluding hydrogens is 333 g/mol. The van der Waals surface area contributed by atoms with Gasteiger partial charge in [-0.3, -0.25) is 0 Å². The molecule has 0 spiro atoms. The predicted octanol–water partition coefficient (Wildman–Crippen LogP) is 5.11. The highest BCUT2D eigenvalue weighted by Gasteiger charge is 2.30. The van der Waals surface area contributed by atoms with Gasteiger partial charge in [-0.2, -0.15) is 13.2 Å². The summed E-state index contributed by atoms with van der Waals surface area (Å²) >= 11 is 2.69. The number of rotatable bonds is 4. The lowest BCUT2D eigenvalue weighted by atomic mass is 10.1. The third-order valence-corrected chi connectivity index (χ3v) is 4.50. The van der Waals surface area contributed by atoms with Gasteiger partial charge in [-0.25, -0.2) is 0 Å². The number of benzene rings is 1. The summed E-state index contributed by atoms with van der Waals surface area (Å²) in [6.45, 7) is 0. The molecule has 2 heterocycles. The Morgan fingerprint density at radius 3 is 2.73 bits per heavy atom. The van der Waals surface area contributed by atoms with Crippen molar-refractivity contribution in [3.8, 4) is 10.8 Å². The minimum Gasteiger partial charge on any atom is -0.410 e. The van der Waals surface area contributed by atoms with Crippen molar-refractivity contribution >= 4 is 23.1 Å². The molecule has 2 aromatic heterocycles. The molecule has 0 atom stereocenters. The summed E-state index contributed by atoms with van der Waals surface area (Å²) in [6.07, 6.45) is -4.34. The first-order valence-corrected chi connectivity index (χ1v) is 8.05. The van der Waals surface area contributed by atoms with Crippen LogP contribution in [0.15, 0.2) is 51.4 Å². The van der Waals surface area contributed by atoms with Crippen molar-refractivity contribution < 1.29 is 17.6 Å². The summed E-state index contributed by atoms with van der Waals surface area (Å²) < 4.78 is 43.4. The molecule has 0 bridgehead atoms. The minimum atomic E-state index is -4.34. The van der Waals surface area contributed by atoms with Crippen LogP contribution in [0.4, 0.5) is 13.2 Å². The Morgan fingerprint density at radius 2 is 2.00 bits per heavy atom. The van der Waals surface area contributed by atoms with E-state index in [1.165, 1.54) is 29.2 Å². The van der Waals surface area contributed by atoms with Crippen molar-refractivity contribution in [3.63, 3.8) is 0 Å². The molecule has 0 amide bonds. The maximum Gasteiger partial charge on any atom is 0.416 e. The fraction of sp³-hybridized carbons (Fsp3) is 0.143. The van der Waals surface area contributed by atoms with Crippen molar-refractivity contribution in [2.45, 2.75) is 17.2 Å². The summed E-state index contributed by atoms with van der Waals surface area (Å²) in [4.78, 5) is 0.860. The number of aromatic nitrogens is 2. The Kier molecular flexibility index (Phi) is 4.21. The lowest BCUT2D eigenvalue weighted by Crippen LogP contribution is -2.04. The second-order valence-electron chi connectivity index (χ2n) is 4.34. The van der Waals surface area contributed by atoms with E-state index in [1.807, 2.05) is 17.5 Å². The van der Waals surface area contributed by atoms with E-state index in [2.05, 4.69) is 10.2 Å². The van der Waals surface area contributed by atoms with E-state index in [0.717, 1.165) is 17.0 Å². The second-order valence-corrected chi connectivity index (χ2v) is 6.21. The van der Waals surface area contributed by atoms with E-state index in [9.17, 15) is 13.2 Å². The first-order chi connectivity index (χ1) is 10.5. The largest absolute Gasteiger partial charge is 0.416 e. The number of halogens is 3. The molecular formula is C14H9F3N2OS2. The van der Waals surface area contributed by atoms with E-state index >= 15 is 0 Å². The highest BCUT2D eigenvalue weighted by molar-refractivity contribution is 7.98. The fourth-order valence-electron chi connectivity index (χ4n) is 1.75. The number of hydrogen-bond acceptors (Lipinski definition) is 5. The molecule has 0 saturated carbocycles. The molecule has 0 aliphatic rings. The molecule has 0 radical (unpaired) electrons. The van der Waals surface area contributed by atoms with Crippen LogP contribution in [0.5, 0.6) is 0 Å². The number of nitrogens with zero attached hydrogens (tertiary/aromatic N) is 2. The number of thioether (sulfide) groups is 1. The van der Waals surface area contributed by atoms with Crippen LogP contribution in [0, 0.1) is 0 Å². The van der Waals surface area contributed by atoms with Crippen LogP contribution >= 0.6 is 23.1 Å². The topological polar surface area (TPSA) is 38.9 Å². The van der Waals surface area contributed by atoms with Gasteiger partial charge in [-0.05, 0) is 23.1 Å². The van der Waals surface area contributed by atoms with Gasteiger partial charge in [0.25, 0.3) is 11.1 Å². The molecule has 3 rings (SSSR count). The molecule has 114 valence electrons. The molecule has 3 nitrogen and oxygen atoms in total. The van der Waals surface area contributed by atoms with E-state index in [4.69, 9.17) is 4.42 Å². The normalized spacial score (nSPS) is 11.8. The van der Waals surface area contributed by atoms with E-state index in [-0.39, 0.29) is 0 Å². The Bertz CT molecular complexity index is 754. The standard InChI is InChI=1S/C14H9F3N2OS2/c15-14(16,17)10-4-1-3-9(7-10)8-22-13-19-18-12(20-13)11-5-2-6-21-11/h1-7H,8H2. The smallest absolute Gasteiger partial charge is 0.410 e. The average molecular weight is 342 g/mol. The molecule has 0 saturated heterocycles. The third kappa shape index (κ3) is 3.50. The van der Waals surface area contributed by atoms with Crippen LogP contribution in [-0.4, -0.2) is 10.2 Å². The van der Waals surface area contributed by atoms with Crippen molar-refractivity contribution in [3.05, 3.63) is 52.9 Å². The van der Waals surface area contributed by atoms with Crippen molar-refractivity contribution in [2.75, 3.05) is 0 Å². The molecule has 22 heavy (non-hydrogen) atoms. The van der Waals surface area contributed by atoms with Gasteiger partial charge in [0.1, 0.15) is 0 Å². The van der Waals surface area contributed by atoms with Crippen LogP contribution in [0.25, 0.3) is 10.8 Å². The molecule has 8 heteroatoms. The van der Waals surface area contributed by atoms with Gasteiger partial charge in [0.2, 0.25) is 0 Å².